The van der Waals surface area contributed by atoms with E-state index in [9.17, 15) is 14.4 Å². The van der Waals surface area contributed by atoms with Crippen molar-refractivity contribution >= 4 is 23.6 Å². The molecule has 0 aliphatic rings. The standard InChI is InChI=1S/C18H19N3O4/c1-25-17(23)14-7-9-15(10-8-14)21-16(22)12-20-18(24)19-11-13-5-3-2-4-6-13/h2-10H,11-12H2,1H3,(H,21,22)(H2,19,20,24). The number of carbonyl (C=O) groups excluding carboxylic acids is 3. The average molecular weight is 341 g/mol. The van der Waals surface area contributed by atoms with Crippen LogP contribution in [0.3, 0.4) is 0 Å². The third-order valence-electron chi connectivity index (χ3n) is 3.30. The lowest BCUT2D eigenvalue weighted by atomic mass is 10.2. The molecule has 7 heteroatoms. The van der Waals surface area contributed by atoms with Crippen LogP contribution < -0.4 is 16.0 Å². The average Bonchev–Trinajstić information content (AvgIpc) is 2.65. The molecule has 0 atom stereocenters. The Balaban J connectivity index is 1.73. The van der Waals surface area contributed by atoms with Crippen LogP contribution in [0.25, 0.3) is 0 Å². The lowest BCUT2D eigenvalue weighted by molar-refractivity contribution is -0.115. The smallest absolute Gasteiger partial charge is 0.337 e. The fourth-order valence-corrected chi connectivity index (χ4v) is 2.01. The van der Waals surface area contributed by atoms with Gasteiger partial charge in [0.1, 0.15) is 0 Å². The van der Waals surface area contributed by atoms with Gasteiger partial charge in [-0.2, -0.15) is 0 Å². The second kappa shape index (κ2) is 9.07. The number of benzene rings is 2. The van der Waals surface area contributed by atoms with Crippen LogP contribution >= 0.6 is 0 Å². The van der Waals surface area contributed by atoms with Crippen LogP contribution in [-0.4, -0.2) is 31.6 Å². The number of nitrogens with one attached hydrogen (secondary N) is 3. The van der Waals surface area contributed by atoms with Gasteiger partial charge < -0.3 is 20.7 Å². The van der Waals surface area contributed by atoms with Crippen LogP contribution in [0.5, 0.6) is 0 Å². The molecule has 0 bridgehead atoms. The molecule has 0 saturated carbocycles. The molecule has 130 valence electrons. The van der Waals surface area contributed by atoms with E-state index in [4.69, 9.17) is 0 Å². The molecule has 0 unspecified atom stereocenters. The van der Waals surface area contributed by atoms with E-state index in [-0.39, 0.29) is 12.5 Å². The van der Waals surface area contributed by atoms with Crippen LogP contribution in [0.4, 0.5) is 10.5 Å². The second-order valence-electron chi connectivity index (χ2n) is 5.14. The first kappa shape index (κ1) is 18.0. The van der Waals surface area contributed by atoms with E-state index in [2.05, 4.69) is 20.7 Å². The minimum atomic E-state index is -0.449. The van der Waals surface area contributed by atoms with Crippen LogP contribution in [0.1, 0.15) is 15.9 Å². The molecule has 0 fully saturated rings. The number of methoxy groups -OCH3 is 1. The highest BCUT2D eigenvalue weighted by Crippen LogP contribution is 2.10. The van der Waals surface area contributed by atoms with Gasteiger partial charge in [0.15, 0.2) is 0 Å². The SMILES string of the molecule is COC(=O)c1ccc(NC(=O)CNC(=O)NCc2ccccc2)cc1. The molecule has 0 spiro atoms. The number of anilines is 1. The maximum absolute atomic E-state index is 11.8. The molecule has 3 amide bonds. The van der Waals surface area contributed by atoms with Crippen LogP contribution in [-0.2, 0) is 16.1 Å². The van der Waals surface area contributed by atoms with Crippen molar-refractivity contribution in [3.63, 3.8) is 0 Å². The summed E-state index contributed by atoms with van der Waals surface area (Å²) in [5, 5.41) is 7.76. The number of hydrogen-bond acceptors (Lipinski definition) is 4. The number of esters is 1. The molecule has 0 heterocycles. The Morgan fingerprint density at radius 1 is 0.920 bits per heavy atom. The largest absolute Gasteiger partial charge is 0.465 e. The summed E-state index contributed by atoms with van der Waals surface area (Å²) in [6.45, 7) is 0.211. The quantitative estimate of drug-likeness (QED) is 0.699. The fourth-order valence-electron chi connectivity index (χ4n) is 2.01. The number of carbonyl (C=O) groups is 3. The van der Waals surface area contributed by atoms with Crippen molar-refractivity contribution in [1.82, 2.24) is 10.6 Å². The molecule has 3 N–H and O–H groups in total. The predicted molar refractivity (Wildman–Crippen MR) is 93.1 cm³/mol. The van der Waals surface area contributed by atoms with Crippen LogP contribution in [0, 0.1) is 0 Å². The molecule has 0 saturated heterocycles. The summed E-state index contributed by atoms with van der Waals surface area (Å²) >= 11 is 0. The van der Waals surface area contributed by atoms with Gasteiger partial charge in [-0.1, -0.05) is 30.3 Å². The third kappa shape index (κ3) is 5.98. The van der Waals surface area contributed by atoms with E-state index < -0.39 is 12.0 Å². The number of hydrogen-bond donors (Lipinski definition) is 3. The Hall–Kier alpha value is -3.35. The van der Waals surface area contributed by atoms with Gasteiger partial charge in [-0.25, -0.2) is 9.59 Å². The zero-order valence-electron chi connectivity index (χ0n) is 13.7. The summed E-state index contributed by atoms with van der Waals surface area (Å²) in [5.41, 5.74) is 1.87. The van der Waals surface area contributed by atoms with Crippen LogP contribution in [0.15, 0.2) is 54.6 Å². The molecule has 2 aromatic carbocycles. The van der Waals surface area contributed by atoms with Gasteiger partial charge in [0.05, 0.1) is 19.2 Å². The summed E-state index contributed by atoms with van der Waals surface area (Å²) in [4.78, 5) is 34.8. The molecule has 25 heavy (non-hydrogen) atoms. The maximum atomic E-state index is 11.8. The van der Waals surface area contributed by atoms with Gasteiger partial charge in [-0.05, 0) is 29.8 Å². The lowest BCUT2D eigenvalue weighted by Gasteiger charge is -2.09. The summed E-state index contributed by atoms with van der Waals surface area (Å²) in [6.07, 6.45) is 0. The van der Waals surface area contributed by atoms with E-state index >= 15 is 0 Å². The van der Waals surface area contributed by atoms with Gasteiger partial charge >= 0.3 is 12.0 Å². The highest BCUT2D eigenvalue weighted by Gasteiger charge is 2.07. The van der Waals surface area contributed by atoms with Gasteiger partial charge in [-0.15, -0.1) is 0 Å². The highest BCUT2D eigenvalue weighted by atomic mass is 16.5. The Labute approximate surface area is 145 Å². The van der Waals surface area contributed by atoms with Gasteiger partial charge in [-0.3, -0.25) is 4.79 Å². The Morgan fingerprint density at radius 3 is 2.24 bits per heavy atom. The zero-order valence-corrected chi connectivity index (χ0v) is 13.7. The number of rotatable bonds is 6. The van der Waals surface area contributed by atoms with E-state index in [1.54, 1.807) is 24.3 Å². The highest BCUT2D eigenvalue weighted by molar-refractivity contribution is 5.95. The molecule has 0 radical (unpaired) electrons. The molecule has 0 aliphatic heterocycles. The lowest BCUT2D eigenvalue weighted by Crippen LogP contribution is -2.39. The molecule has 0 aliphatic carbocycles. The van der Waals surface area contributed by atoms with Gasteiger partial charge in [0.2, 0.25) is 5.91 Å². The van der Waals surface area contributed by atoms with E-state index in [0.717, 1.165) is 5.56 Å². The molecule has 7 nitrogen and oxygen atoms in total. The zero-order chi connectivity index (χ0) is 18.1. The fraction of sp³-hybridized carbons (Fsp3) is 0.167. The van der Waals surface area contributed by atoms with Crippen molar-refractivity contribution in [3.8, 4) is 0 Å². The van der Waals surface area contributed by atoms with Crippen LogP contribution in [0.2, 0.25) is 0 Å². The summed E-state index contributed by atoms with van der Waals surface area (Å²) in [5.74, 6) is -0.824. The van der Waals surface area contributed by atoms with Gasteiger partial charge in [0.25, 0.3) is 0 Å². The van der Waals surface area contributed by atoms with Crippen molar-refractivity contribution in [3.05, 3.63) is 65.7 Å². The molecule has 2 rings (SSSR count). The van der Waals surface area contributed by atoms with E-state index in [1.807, 2.05) is 30.3 Å². The maximum Gasteiger partial charge on any atom is 0.337 e. The molecular weight excluding hydrogens is 322 g/mol. The molecular formula is C18H19N3O4. The normalized spacial score (nSPS) is 9.80. The monoisotopic (exact) mass is 341 g/mol. The first-order chi connectivity index (χ1) is 12.1. The second-order valence-corrected chi connectivity index (χ2v) is 5.14. The van der Waals surface area contributed by atoms with E-state index in [1.165, 1.54) is 7.11 Å². The minimum Gasteiger partial charge on any atom is -0.465 e. The Kier molecular flexibility index (Phi) is 6.53. The minimum absolute atomic E-state index is 0.167. The first-order valence-corrected chi connectivity index (χ1v) is 7.62. The van der Waals surface area contributed by atoms with Crippen molar-refractivity contribution in [1.29, 1.82) is 0 Å². The predicted octanol–water partition coefficient (Wildman–Crippen LogP) is 1.91. The Bertz CT molecular complexity index is 730. The number of ether oxygens (including phenoxy) is 1. The summed E-state index contributed by atoms with van der Waals surface area (Å²) in [6, 6.07) is 15.3. The van der Waals surface area contributed by atoms with Crippen molar-refractivity contribution in [2.45, 2.75) is 6.54 Å². The summed E-state index contributed by atoms with van der Waals surface area (Å²) in [7, 11) is 1.30. The summed E-state index contributed by atoms with van der Waals surface area (Å²) < 4.78 is 4.60. The van der Waals surface area contributed by atoms with Crippen molar-refractivity contribution in [2.24, 2.45) is 0 Å². The number of amides is 3. The third-order valence-corrected chi connectivity index (χ3v) is 3.30. The van der Waals surface area contributed by atoms with E-state index in [0.29, 0.717) is 17.8 Å². The van der Waals surface area contributed by atoms with Crippen molar-refractivity contribution in [2.75, 3.05) is 19.0 Å². The molecule has 2 aromatic rings. The Morgan fingerprint density at radius 2 is 1.60 bits per heavy atom. The first-order valence-electron chi connectivity index (χ1n) is 7.62. The van der Waals surface area contributed by atoms with Crippen molar-refractivity contribution < 1.29 is 19.1 Å². The number of urea groups is 1. The topological polar surface area (TPSA) is 96.5 Å². The molecule has 0 aromatic heterocycles. The van der Waals surface area contributed by atoms with Gasteiger partial charge in [0, 0.05) is 12.2 Å².